The van der Waals surface area contributed by atoms with E-state index >= 15 is 0 Å². The van der Waals surface area contributed by atoms with Crippen LogP contribution in [0.25, 0.3) is 0 Å². The lowest BCUT2D eigenvalue weighted by Gasteiger charge is -2.10. The van der Waals surface area contributed by atoms with E-state index in [-0.39, 0.29) is 5.82 Å². The van der Waals surface area contributed by atoms with E-state index in [1.54, 1.807) is 6.07 Å². The first-order valence-electron chi connectivity index (χ1n) is 7.21. The average Bonchev–Trinajstić information content (AvgIpc) is 3.16. The van der Waals surface area contributed by atoms with Gasteiger partial charge in [-0.15, -0.1) is 0 Å². The summed E-state index contributed by atoms with van der Waals surface area (Å²) in [5.41, 5.74) is 1.79. The standard InChI is InChI=1S/C16H24FNO/c1-12(2)8-18-9-14-5-6-16(17)15(7-14)11-19-10-13-3-4-13/h5-7,12-13,18H,3-4,8-11H2,1-2H3. The number of benzene rings is 1. The lowest BCUT2D eigenvalue weighted by atomic mass is 10.1. The van der Waals surface area contributed by atoms with Gasteiger partial charge in [0.15, 0.2) is 0 Å². The van der Waals surface area contributed by atoms with Gasteiger partial charge in [0.1, 0.15) is 5.82 Å². The summed E-state index contributed by atoms with van der Waals surface area (Å²) in [4.78, 5) is 0. The first-order chi connectivity index (χ1) is 9.15. The number of halogens is 1. The van der Waals surface area contributed by atoms with Gasteiger partial charge in [-0.3, -0.25) is 0 Å². The van der Waals surface area contributed by atoms with Gasteiger partial charge in [0.05, 0.1) is 6.61 Å². The Morgan fingerprint density at radius 1 is 1.37 bits per heavy atom. The van der Waals surface area contributed by atoms with Gasteiger partial charge in [-0.25, -0.2) is 4.39 Å². The third-order valence-corrected chi connectivity index (χ3v) is 3.30. The zero-order valence-electron chi connectivity index (χ0n) is 11.9. The van der Waals surface area contributed by atoms with E-state index in [9.17, 15) is 4.39 Å². The summed E-state index contributed by atoms with van der Waals surface area (Å²) in [5.74, 6) is 1.18. The van der Waals surface area contributed by atoms with E-state index in [4.69, 9.17) is 4.74 Å². The fourth-order valence-electron chi connectivity index (χ4n) is 1.97. The van der Waals surface area contributed by atoms with E-state index < -0.39 is 0 Å². The summed E-state index contributed by atoms with van der Waals surface area (Å²) < 4.78 is 19.2. The fraction of sp³-hybridized carbons (Fsp3) is 0.625. The largest absolute Gasteiger partial charge is 0.376 e. The maximum atomic E-state index is 13.7. The highest BCUT2D eigenvalue weighted by atomic mass is 19.1. The van der Waals surface area contributed by atoms with Crippen LogP contribution in [0.1, 0.15) is 37.8 Å². The van der Waals surface area contributed by atoms with E-state index in [1.807, 2.05) is 12.1 Å². The summed E-state index contributed by atoms with van der Waals surface area (Å²) in [6.07, 6.45) is 2.53. The quantitative estimate of drug-likeness (QED) is 0.777. The predicted molar refractivity (Wildman–Crippen MR) is 75.3 cm³/mol. The van der Waals surface area contributed by atoms with Gasteiger partial charge in [-0.2, -0.15) is 0 Å². The summed E-state index contributed by atoms with van der Waals surface area (Å²) >= 11 is 0. The van der Waals surface area contributed by atoms with Crippen LogP contribution in [-0.4, -0.2) is 13.2 Å². The van der Waals surface area contributed by atoms with Crippen LogP contribution < -0.4 is 5.32 Å². The van der Waals surface area contributed by atoms with E-state index in [2.05, 4.69) is 19.2 Å². The second-order valence-electron chi connectivity index (χ2n) is 5.91. The highest BCUT2D eigenvalue weighted by Gasteiger charge is 2.21. The molecule has 0 spiro atoms. The molecule has 0 atom stereocenters. The van der Waals surface area contributed by atoms with Crippen molar-refractivity contribution in [1.29, 1.82) is 0 Å². The molecule has 1 aromatic carbocycles. The molecule has 0 bridgehead atoms. The number of nitrogens with one attached hydrogen (secondary N) is 1. The van der Waals surface area contributed by atoms with Crippen molar-refractivity contribution >= 4 is 0 Å². The van der Waals surface area contributed by atoms with Gasteiger partial charge < -0.3 is 10.1 Å². The molecule has 0 heterocycles. The molecule has 1 fully saturated rings. The number of hydrogen-bond acceptors (Lipinski definition) is 2. The first kappa shape index (κ1) is 14.5. The van der Waals surface area contributed by atoms with Gasteiger partial charge in [0.2, 0.25) is 0 Å². The Bertz CT molecular complexity index is 402. The molecule has 19 heavy (non-hydrogen) atoms. The highest BCUT2D eigenvalue weighted by molar-refractivity contribution is 5.24. The van der Waals surface area contributed by atoms with Crippen molar-refractivity contribution in [3.05, 3.63) is 35.1 Å². The van der Waals surface area contributed by atoms with Crippen molar-refractivity contribution < 1.29 is 9.13 Å². The van der Waals surface area contributed by atoms with Crippen LogP contribution >= 0.6 is 0 Å². The topological polar surface area (TPSA) is 21.3 Å². The van der Waals surface area contributed by atoms with Crippen LogP contribution in [0.3, 0.4) is 0 Å². The minimum Gasteiger partial charge on any atom is -0.376 e. The van der Waals surface area contributed by atoms with Crippen LogP contribution in [0.5, 0.6) is 0 Å². The van der Waals surface area contributed by atoms with Crippen molar-refractivity contribution in [3.63, 3.8) is 0 Å². The minimum atomic E-state index is -0.164. The molecule has 2 nitrogen and oxygen atoms in total. The zero-order chi connectivity index (χ0) is 13.7. The Morgan fingerprint density at radius 2 is 2.16 bits per heavy atom. The third-order valence-electron chi connectivity index (χ3n) is 3.30. The molecule has 0 aliphatic heterocycles. The molecule has 3 heteroatoms. The van der Waals surface area contributed by atoms with Crippen LogP contribution in [0.2, 0.25) is 0 Å². The number of rotatable bonds is 8. The minimum absolute atomic E-state index is 0.164. The van der Waals surface area contributed by atoms with Crippen LogP contribution in [0.4, 0.5) is 4.39 Å². The first-order valence-corrected chi connectivity index (χ1v) is 7.21. The highest BCUT2D eigenvalue weighted by Crippen LogP contribution is 2.29. The molecule has 0 radical (unpaired) electrons. The third kappa shape index (κ3) is 5.29. The Morgan fingerprint density at radius 3 is 2.84 bits per heavy atom. The Balaban J connectivity index is 1.82. The monoisotopic (exact) mass is 265 g/mol. The summed E-state index contributed by atoms with van der Waals surface area (Å²) in [6.45, 7) is 7.28. The van der Waals surface area contributed by atoms with E-state index in [0.717, 1.165) is 31.2 Å². The molecule has 1 aliphatic carbocycles. The second-order valence-corrected chi connectivity index (χ2v) is 5.91. The lowest BCUT2D eigenvalue weighted by molar-refractivity contribution is 0.109. The Kier molecular flexibility index (Phi) is 5.34. The van der Waals surface area contributed by atoms with Crippen molar-refractivity contribution in [1.82, 2.24) is 5.32 Å². The van der Waals surface area contributed by atoms with Gasteiger partial charge in [0.25, 0.3) is 0 Å². The van der Waals surface area contributed by atoms with Gasteiger partial charge in [-0.05, 0) is 48.9 Å². The molecule has 1 N–H and O–H groups in total. The molecule has 1 saturated carbocycles. The summed E-state index contributed by atoms with van der Waals surface area (Å²) in [5, 5.41) is 3.37. The van der Waals surface area contributed by atoms with Crippen molar-refractivity contribution in [2.24, 2.45) is 11.8 Å². The zero-order valence-corrected chi connectivity index (χ0v) is 11.9. The molecular formula is C16H24FNO. The molecule has 2 rings (SSSR count). The van der Waals surface area contributed by atoms with Crippen molar-refractivity contribution in [2.45, 2.75) is 39.8 Å². The van der Waals surface area contributed by atoms with Crippen LogP contribution in [0, 0.1) is 17.7 Å². The second kappa shape index (κ2) is 7.01. The van der Waals surface area contributed by atoms with Crippen LogP contribution in [0.15, 0.2) is 18.2 Å². The molecule has 0 amide bonds. The average molecular weight is 265 g/mol. The van der Waals surface area contributed by atoms with Gasteiger partial charge in [-0.1, -0.05) is 19.9 Å². The van der Waals surface area contributed by atoms with Gasteiger partial charge >= 0.3 is 0 Å². The van der Waals surface area contributed by atoms with Crippen molar-refractivity contribution in [3.8, 4) is 0 Å². The van der Waals surface area contributed by atoms with E-state index in [0.29, 0.717) is 18.1 Å². The smallest absolute Gasteiger partial charge is 0.128 e. The molecule has 0 saturated heterocycles. The predicted octanol–water partition coefficient (Wildman–Crippen LogP) is 3.50. The molecule has 0 aromatic heterocycles. The van der Waals surface area contributed by atoms with E-state index in [1.165, 1.54) is 12.8 Å². The van der Waals surface area contributed by atoms with Crippen LogP contribution in [-0.2, 0) is 17.9 Å². The summed E-state index contributed by atoms with van der Waals surface area (Å²) in [7, 11) is 0. The maximum Gasteiger partial charge on any atom is 0.128 e. The molecular weight excluding hydrogens is 241 g/mol. The van der Waals surface area contributed by atoms with Gasteiger partial charge in [0, 0.05) is 18.7 Å². The normalized spacial score (nSPS) is 15.2. The number of hydrogen-bond donors (Lipinski definition) is 1. The maximum absolute atomic E-state index is 13.7. The SMILES string of the molecule is CC(C)CNCc1ccc(F)c(COCC2CC2)c1. The molecule has 0 unspecified atom stereocenters. The summed E-state index contributed by atoms with van der Waals surface area (Å²) in [6, 6.07) is 5.30. The number of ether oxygens (including phenoxy) is 1. The Hall–Kier alpha value is -0.930. The molecule has 1 aliphatic rings. The molecule has 1 aromatic rings. The fourth-order valence-corrected chi connectivity index (χ4v) is 1.97. The van der Waals surface area contributed by atoms with Crippen molar-refractivity contribution in [2.75, 3.05) is 13.2 Å². The Labute approximate surface area is 115 Å². The lowest BCUT2D eigenvalue weighted by Crippen LogP contribution is -2.19. The molecule has 106 valence electrons.